The molecule has 4 unspecified atom stereocenters. The normalized spacial score (nSPS) is 13.6. The lowest BCUT2D eigenvalue weighted by Gasteiger charge is -2.25. The van der Waals surface area contributed by atoms with Crippen molar-refractivity contribution in [2.24, 2.45) is 11.5 Å². The summed E-state index contributed by atoms with van der Waals surface area (Å²) in [4.78, 5) is 69.8. The number of phenolic OH excluding ortho intramolecular Hbond substituents is 2. The smallest absolute Gasteiger partial charge is 0.326 e. The number of carbonyl (C=O) groups is 5. The zero-order valence-corrected chi connectivity index (χ0v) is 22.9. The van der Waals surface area contributed by atoms with Gasteiger partial charge in [-0.2, -0.15) is 0 Å². The van der Waals surface area contributed by atoms with Gasteiger partial charge in [-0.3, -0.25) is 19.2 Å². The molecule has 4 amide bonds. The van der Waals surface area contributed by atoms with E-state index in [2.05, 4.69) is 25.9 Å². The van der Waals surface area contributed by atoms with Gasteiger partial charge in [0.05, 0.1) is 18.8 Å². The number of amides is 4. The number of aliphatic carboxylic acids is 1. The van der Waals surface area contributed by atoms with E-state index in [1.807, 2.05) is 0 Å². The topological polar surface area (TPSA) is 263 Å². The second-order valence-corrected chi connectivity index (χ2v) is 9.82. The highest BCUT2D eigenvalue weighted by Crippen LogP contribution is 2.13. The summed E-state index contributed by atoms with van der Waals surface area (Å²) < 4.78 is 0. The van der Waals surface area contributed by atoms with Crippen molar-refractivity contribution in [2.45, 2.75) is 49.9 Å². The molecule has 1 heterocycles. The van der Waals surface area contributed by atoms with Crippen LogP contribution in [0.4, 0.5) is 0 Å². The van der Waals surface area contributed by atoms with E-state index < -0.39 is 60.2 Å². The number of nitrogens with two attached hydrogens (primary N) is 2. The van der Waals surface area contributed by atoms with Crippen LogP contribution in [0.1, 0.15) is 23.2 Å². The first-order valence-electron chi connectivity index (χ1n) is 13.1. The van der Waals surface area contributed by atoms with Gasteiger partial charge in [0.1, 0.15) is 29.6 Å². The summed E-state index contributed by atoms with van der Waals surface area (Å²) in [6.45, 7) is 0. The van der Waals surface area contributed by atoms with Crippen LogP contribution in [-0.4, -0.2) is 79.1 Å². The van der Waals surface area contributed by atoms with Gasteiger partial charge in [-0.05, 0) is 35.4 Å². The molecule has 0 aliphatic heterocycles. The number of carboxylic acids is 1. The number of aromatic hydroxyl groups is 2. The largest absolute Gasteiger partial charge is 0.508 e. The quantitative estimate of drug-likeness (QED) is 0.0991. The molecular formula is C28H33N7O8. The van der Waals surface area contributed by atoms with Crippen molar-refractivity contribution in [3.63, 3.8) is 0 Å². The van der Waals surface area contributed by atoms with Gasteiger partial charge in [0.25, 0.3) is 0 Å². The predicted molar refractivity (Wildman–Crippen MR) is 151 cm³/mol. The third-order valence-electron chi connectivity index (χ3n) is 6.37. The zero-order chi connectivity index (χ0) is 31.5. The molecule has 0 spiro atoms. The van der Waals surface area contributed by atoms with Gasteiger partial charge in [0.2, 0.25) is 23.6 Å². The number of aromatic amines is 1. The Morgan fingerprint density at radius 3 is 1.72 bits per heavy atom. The van der Waals surface area contributed by atoms with E-state index >= 15 is 0 Å². The van der Waals surface area contributed by atoms with E-state index in [-0.39, 0.29) is 30.8 Å². The highest BCUT2D eigenvalue weighted by Gasteiger charge is 2.31. The van der Waals surface area contributed by atoms with Crippen molar-refractivity contribution in [3.8, 4) is 11.5 Å². The number of nitrogens with zero attached hydrogens (tertiary/aromatic N) is 1. The monoisotopic (exact) mass is 595 g/mol. The standard InChI is InChI=1S/C28H33N7O8/c29-20(11-17-13-31-14-32-17)25(39)33-21(9-15-1-5-18(36)6-2-15)26(40)34-22(12-24(30)38)27(41)35-23(28(42)43)10-16-3-7-19(37)8-4-16/h1-8,13-14,20-23,36-37H,9-12,29H2,(H2,30,38)(H,31,32)(H,33,39)(H,34,40)(H,35,41)(H,42,43). The van der Waals surface area contributed by atoms with Crippen molar-refractivity contribution in [1.29, 1.82) is 0 Å². The molecule has 0 aliphatic carbocycles. The number of rotatable bonds is 15. The highest BCUT2D eigenvalue weighted by molar-refractivity contribution is 5.96. The first kappa shape index (κ1) is 32.1. The maximum atomic E-state index is 13.4. The minimum atomic E-state index is -1.58. The third kappa shape index (κ3) is 10.2. The van der Waals surface area contributed by atoms with Gasteiger partial charge >= 0.3 is 5.97 Å². The zero-order valence-electron chi connectivity index (χ0n) is 22.9. The molecule has 0 fully saturated rings. The summed E-state index contributed by atoms with van der Waals surface area (Å²) >= 11 is 0. The third-order valence-corrected chi connectivity index (χ3v) is 6.37. The fourth-order valence-electron chi connectivity index (χ4n) is 4.10. The molecule has 2 aromatic carbocycles. The van der Waals surface area contributed by atoms with Crippen LogP contribution in [0.2, 0.25) is 0 Å². The summed E-state index contributed by atoms with van der Waals surface area (Å²) in [6, 6.07) is 6.12. The number of aromatic nitrogens is 2. The number of benzene rings is 2. The van der Waals surface area contributed by atoms with Gasteiger partial charge in [-0.1, -0.05) is 24.3 Å². The van der Waals surface area contributed by atoms with Crippen LogP contribution in [0.15, 0.2) is 61.1 Å². The molecule has 228 valence electrons. The van der Waals surface area contributed by atoms with Crippen LogP contribution in [0.5, 0.6) is 11.5 Å². The summed E-state index contributed by atoms with van der Waals surface area (Å²) in [7, 11) is 0. The molecule has 3 rings (SSSR count). The average Bonchev–Trinajstić information content (AvgIpc) is 3.46. The lowest BCUT2D eigenvalue weighted by Crippen LogP contribution is -2.58. The Morgan fingerprint density at radius 2 is 1.23 bits per heavy atom. The van der Waals surface area contributed by atoms with E-state index in [1.54, 1.807) is 0 Å². The Kier molecular flexibility index (Phi) is 11.2. The molecule has 43 heavy (non-hydrogen) atoms. The molecule has 1 aromatic heterocycles. The fraction of sp³-hybridized carbons (Fsp3) is 0.286. The van der Waals surface area contributed by atoms with Crippen molar-refractivity contribution in [2.75, 3.05) is 0 Å². The molecule has 3 aromatic rings. The first-order chi connectivity index (χ1) is 20.4. The van der Waals surface area contributed by atoms with Crippen molar-refractivity contribution in [3.05, 3.63) is 77.9 Å². The molecule has 0 bridgehead atoms. The number of hydrogen-bond acceptors (Lipinski definition) is 9. The number of primary amides is 1. The molecule has 15 nitrogen and oxygen atoms in total. The molecular weight excluding hydrogens is 562 g/mol. The van der Waals surface area contributed by atoms with E-state index in [0.29, 0.717) is 16.8 Å². The lowest BCUT2D eigenvalue weighted by molar-refractivity contribution is -0.142. The minimum Gasteiger partial charge on any atom is -0.508 e. The van der Waals surface area contributed by atoms with Crippen LogP contribution in [-0.2, 0) is 43.2 Å². The molecule has 0 radical (unpaired) electrons. The number of carboxylic acid groups (broad SMARTS) is 1. The van der Waals surface area contributed by atoms with Crippen LogP contribution < -0.4 is 27.4 Å². The lowest BCUT2D eigenvalue weighted by atomic mass is 10.0. The Hall–Kier alpha value is -5.44. The van der Waals surface area contributed by atoms with E-state index in [4.69, 9.17) is 11.5 Å². The van der Waals surface area contributed by atoms with Gasteiger partial charge in [0.15, 0.2) is 0 Å². The number of H-pyrrole nitrogens is 1. The fourth-order valence-corrected chi connectivity index (χ4v) is 4.10. The number of hydrogen-bond donors (Lipinski definition) is 9. The predicted octanol–water partition coefficient (Wildman–Crippen LogP) is -1.41. The van der Waals surface area contributed by atoms with E-state index in [0.717, 1.165) is 0 Å². The van der Waals surface area contributed by atoms with E-state index in [9.17, 15) is 39.3 Å². The van der Waals surface area contributed by atoms with Gasteiger partial charge in [-0.25, -0.2) is 9.78 Å². The van der Waals surface area contributed by atoms with Gasteiger partial charge in [-0.15, -0.1) is 0 Å². The Balaban J connectivity index is 1.77. The van der Waals surface area contributed by atoms with Crippen LogP contribution >= 0.6 is 0 Å². The van der Waals surface area contributed by atoms with Crippen molar-refractivity contribution in [1.82, 2.24) is 25.9 Å². The second kappa shape index (κ2) is 15.0. The summed E-state index contributed by atoms with van der Waals surface area (Å²) in [5.74, 6) is -4.94. The van der Waals surface area contributed by atoms with Crippen molar-refractivity contribution < 1.29 is 39.3 Å². The summed E-state index contributed by atoms with van der Waals surface area (Å²) in [6.07, 6.45) is 2.09. The first-order valence-corrected chi connectivity index (χ1v) is 13.1. The number of carbonyl (C=O) groups excluding carboxylic acids is 4. The molecule has 15 heteroatoms. The van der Waals surface area contributed by atoms with Gasteiger partial charge < -0.3 is 47.7 Å². The highest BCUT2D eigenvalue weighted by atomic mass is 16.4. The van der Waals surface area contributed by atoms with Crippen LogP contribution in [0.25, 0.3) is 0 Å². The number of imidazole rings is 1. The number of nitrogens with one attached hydrogen (secondary N) is 4. The second-order valence-electron chi connectivity index (χ2n) is 9.82. The van der Waals surface area contributed by atoms with Crippen molar-refractivity contribution >= 4 is 29.6 Å². The minimum absolute atomic E-state index is 0.0196. The average molecular weight is 596 g/mol. The molecule has 4 atom stereocenters. The summed E-state index contributed by atoms with van der Waals surface area (Å²) in [5.41, 5.74) is 12.9. The maximum Gasteiger partial charge on any atom is 0.326 e. The maximum absolute atomic E-state index is 13.4. The molecule has 0 saturated heterocycles. The van der Waals surface area contributed by atoms with Gasteiger partial charge in [0, 0.05) is 31.2 Å². The Labute approximate surface area is 245 Å². The van der Waals surface area contributed by atoms with Crippen LogP contribution in [0, 0.1) is 0 Å². The molecule has 0 aliphatic rings. The Morgan fingerprint density at radius 1 is 0.744 bits per heavy atom. The van der Waals surface area contributed by atoms with E-state index in [1.165, 1.54) is 61.1 Å². The molecule has 0 saturated carbocycles. The number of phenols is 2. The Bertz CT molecular complexity index is 1410. The SMILES string of the molecule is NC(=O)CC(NC(=O)C(Cc1ccc(O)cc1)NC(=O)C(N)Cc1cnc[nH]1)C(=O)NC(Cc1ccc(O)cc1)C(=O)O. The summed E-state index contributed by atoms with van der Waals surface area (Å²) in [5, 5.41) is 36.0. The van der Waals surface area contributed by atoms with Crippen LogP contribution in [0.3, 0.4) is 0 Å². The molecule has 11 N–H and O–H groups in total.